The summed E-state index contributed by atoms with van der Waals surface area (Å²) in [6, 6.07) is 9.61. The van der Waals surface area contributed by atoms with Gasteiger partial charge < -0.3 is 19.9 Å². The normalized spacial score (nSPS) is 10.2. The minimum atomic E-state index is -0.295. The molecular weight excluding hydrogens is 261 g/mol. The fourth-order valence-electron chi connectivity index (χ4n) is 1.85. The van der Waals surface area contributed by atoms with Crippen LogP contribution in [-0.2, 0) is 6.54 Å². The van der Waals surface area contributed by atoms with Gasteiger partial charge in [0, 0.05) is 12.2 Å². The molecule has 0 atom stereocenters. The molecule has 0 radical (unpaired) electrons. The van der Waals surface area contributed by atoms with Crippen molar-refractivity contribution in [3.05, 3.63) is 47.8 Å². The largest absolute Gasteiger partial charge is 0.502 e. The molecule has 4 nitrogen and oxygen atoms in total. The zero-order chi connectivity index (χ0) is 14.5. The molecule has 0 fully saturated rings. The molecule has 2 rings (SSSR count). The van der Waals surface area contributed by atoms with Gasteiger partial charge in [-0.1, -0.05) is 6.07 Å². The molecule has 0 aliphatic rings. The number of hydrogen-bond donors (Lipinski definition) is 2. The Bertz CT molecular complexity index is 576. The zero-order valence-electron chi connectivity index (χ0n) is 11.3. The molecule has 0 unspecified atom stereocenters. The van der Waals surface area contributed by atoms with Crippen molar-refractivity contribution in [2.24, 2.45) is 0 Å². The molecule has 5 heteroatoms. The molecule has 0 heterocycles. The Morgan fingerprint density at radius 2 is 1.75 bits per heavy atom. The predicted octanol–water partition coefficient (Wildman–Crippen LogP) is 3.16. The number of rotatable bonds is 5. The molecule has 0 spiro atoms. The van der Waals surface area contributed by atoms with Crippen LogP contribution in [0.5, 0.6) is 17.2 Å². The monoisotopic (exact) mass is 277 g/mol. The molecule has 2 aromatic rings. The van der Waals surface area contributed by atoms with Crippen LogP contribution in [0.25, 0.3) is 0 Å². The van der Waals surface area contributed by atoms with Gasteiger partial charge in [-0.15, -0.1) is 0 Å². The zero-order valence-corrected chi connectivity index (χ0v) is 11.3. The van der Waals surface area contributed by atoms with Crippen molar-refractivity contribution in [2.75, 3.05) is 19.5 Å². The van der Waals surface area contributed by atoms with Gasteiger partial charge in [-0.25, -0.2) is 4.39 Å². The first-order chi connectivity index (χ1) is 9.63. The summed E-state index contributed by atoms with van der Waals surface area (Å²) in [6.07, 6.45) is 0. The van der Waals surface area contributed by atoms with E-state index in [1.54, 1.807) is 24.3 Å². The van der Waals surface area contributed by atoms with E-state index in [0.29, 0.717) is 23.7 Å². The van der Waals surface area contributed by atoms with E-state index in [0.717, 1.165) is 5.56 Å². The molecule has 0 saturated heterocycles. The summed E-state index contributed by atoms with van der Waals surface area (Å²) in [5.74, 6) is 0.334. The van der Waals surface area contributed by atoms with Gasteiger partial charge >= 0.3 is 0 Å². The summed E-state index contributed by atoms with van der Waals surface area (Å²) in [6.45, 7) is 0.455. The first kappa shape index (κ1) is 14.0. The van der Waals surface area contributed by atoms with Crippen LogP contribution in [0.1, 0.15) is 5.56 Å². The molecule has 106 valence electrons. The number of nitrogens with one attached hydrogen (secondary N) is 1. The number of anilines is 1. The lowest BCUT2D eigenvalue weighted by Crippen LogP contribution is -2.01. The van der Waals surface area contributed by atoms with Crippen LogP contribution in [0, 0.1) is 5.82 Å². The number of aromatic hydroxyl groups is 1. The van der Waals surface area contributed by atoms with Gasteiger partial charge in [0.2, 0.25) is 5.75 Å². The third kappa shape index (κ3) is 3.12. The van der Waals surface area contributed by atoms with Gasteiger partial charge in [-0.2, -0.15) is 0 Å². The minimum Gasteiger partial charge on any atom is -0.502 e. The smallest absolute Gasteiger partial charge is 0.200 e. The molecule has 2 aromatic carbocycles. The maximum Gasteiger partial charge on any atom is 0.200 e. The highest BCUT2D eigenvalue weighted by Gasteiger charge is 2.11. The van der Waals surface area contributed by atoms with Crippen LogP contribution in [0.3, 0.4) is 0 Å². The van der Waals surface area contributed by atoms with Crippen LogP contribution in [0.2, 0.25) is 0 Å². The van der Waals surface area contributed by atoms with E-state index in [2.05, 4.69) is 5.32 Å². The van der Waals surface area contributed by atoms with E-state index in [9.17, 15) is 9.50 Å². The topological polar surface area (TPSA) is 50.7 Å². The lowest BCUT2D eigenvalue weighted by Gasteiger charge is -2.12. The van der Waals surface area contributed by atoms with E-state index in [1.807, 2.05) is 0 Å². The highest BCUT2D eigenvalue weighted by atomic mass is 19.1. The fraction of sp³-hybridized carbons (Fsp3) is 0.200. The SMILES string of the molecule is COc1cc(CNc2cccc(F)c2)cc(OC)c1O. The Morgan fingerprint density at radius 3 is 2.30 bits per heavy atom. The lowest BCUT2D eigenvalue weighted by atomic mass is 10.1. The molecule has 0 amide bonds. The Labute approximate surface area is 116 Å². The van der Waals surface area contributed by atoms with E-state index in [4.69, 9.17) is 9.47 Å². The van der Waals surface area contributed by atoms with E-state index in [-0.39, 0.29) is 11.6 Å². The number of hydrogen-bond acceptors (Lipinski definition) is 4. The van der Waals surface area contributed by atoms with Gasteiger partial charge in [-0.3, -0.25) is 0 Å². The van der Waals surface area contributed by atoms with Crippen molar-refractivity contribution >= 4 is 5.69 Å². The number of phenolic OH excluding ortho intramolecular Hbond substituents is 1. The summed E-state index contributed by atoms with van der Waals surface area (Å²) in [5.41, 5.74) is 1.52. The Kier molecular flexibility index (Phi) is 4.30. The number of ether oxygens (including phenoxy) is 2. The highest BCUT2D eigenvalue weighted by Crippen LogP contribution is 2.37. The summed E-state index contributed by atoms with van der Waals surface area (Å²) >= 11 is 0. The lowest BCUT2D eigenvalue weighted by molar-refractivity contribution is 0.339. The van der Waals surface area contributed by atoms with Crippen molar-refractivity contribution in [3.8, 4) is 17.2 Å². The average Bonchev–Trinajstić information content (AvgIpc) is 2.46. The quantitative estimate of drug-likeness (QED) is 0.881. The van der Waals surface area contributed by atoms with Crippen LogP contribution in [0.4, 0.5) is 10.1 Å². The highest BCUT2D eigenvalue weighted by molar-refractivity contribution is 5.53. The second kappa shape index (κ2) is 6.14. The van der Waals surface area contributed by atoms with E-state index in [1.165, 1.54) is 26.4 Å². The van der Waals surface area contributed by atoms with Crippen LogP contribution >= 0.6 is 0 Å². The summed E-state index contributed by atoms with van der Waals surface area (Å²) in [5, 5.41) is 12.9. The van der Waals surface area contributed by atoms with Crippen molar-refractivity contribution in [1.29, 1.82) is 0 Å². The van der Waals surface area contributed by atoms with Gasteiger partial charge in [0.15, 0.2) is 11.5 Å². The van der Waals surface area contributed by atoms with Crippen LogP contribution < -0.4 is 14.8 Å². The molecule has 0 aliphatic carbocycles. The van der Waals surface area contributed by atoms with Crippen molar-refractivity contribution in [1.82, 2.24) is 0 Å². The number of methoxy groups -OCH3 is 2. The van der Waals surface area contributed by atoms with E-state index >= 15 is 0 Å². The second-order valence-corrected chi connectivity index (χ2v) is 4.21. The van der Waals surface area contributed by atoms with Gasteiger partial charge in [-0.05, 0) is 35.9 Å². The number of phenols is 1. The van der Waals surface area contributed by atoms with Crippen LogP contribution in [-0.4, -0.2) is 19.3 Å². The second-order valence-electron chi connectivity index (χ2n) is 4.21. The first-order valence-electron chi connectivity index (χ1n) is 6.07. The third-order valence-corrected chi connectivity index (χ3v) is 2.86. The van der Waals surface area contributed by atoms with E-state index < -0.39 is 0 Å². The Morgan fingerprint density at radius 1 is 1.10 bits per heavy atom. The maximum absolute atomic E-state index is 13.1. The van der Waals surface area contributed by atoms with Crippen molar-refractivity contribution in [3.63, 3.8) is 0 Å². The predicted molar refractivity (Wildman–Crippen MR) is 74.9 cm³/mol. The fourth-order valence-corrected chi connectivity index (χ4v) is 1.85. The molecule has 0 saturated carbocycles. The van der Waals surface area contributed by atoms with Gasteiger partial charge in [0.1, 0.15) is 5.82 Å². The van der Waals surface area contributed by atoms with Crippen molar-refractivity contribution < 1.29 is 19.0 Å². The molecular formula is C15H16FNO3. The molecule has 2 N–H and O–H groups in total. The summed E-state index contributed by atoms with van der Waals surface area (Å²) in [7, 11) is 2.94. The van der Waals surface area contributed by atoms with Gasteiger partial charge in [0.25, 0.3) is 0 Å². The third-order valence-electron chi connectivity index (χ3n) is 2.86. The standard InChI is InChI=1S/C15H16FNO3/c1-19-13-6-10(7-14(20-2)15(13)18)9-17-12-5-3-4-11(16)8-12/h3-8,17-18H,9H2,1-2H3. The molecule has 0 bridgehead atoms. The van der Waals surface area contributed by atoms with Crippen molar-refractivity contribution in [2.45, 2.75) is 6.54 Å². The van der Waals surface area contributed by atoms with Gasteiger partial charge in [0.05, 0.1) is 14.2 Å². The first-order valence-corrected chi connectivity index (χ1v) is 6.07. The maximum atomic E-state index is 13.1. The summed E-state index contributed by atoms with van der Waals surface area (Å²) < 4.78 is 23.2. The Hall–Kier alpha value is -2.43. The van der Waals surface area contributed by atoms with Crippen LogP contribution in [0.15, 0.2) is 36.4 Å². The molecule has 0 aromatic heterocycles. The number of benzene rings is 2. The number of halogens is 1. The average molecular weight is 277 g/mol. The minimum absolute atomic E-state index is 0.0375. The Balaban J connectivity index is 2.17. The molecule has 0 aliphatic heterocycles. The molecule has 20 heavy (non-hydrogen) atoms. The summed E-state index contributed by atoms with van der Waals surface area (Å²) in [4.78, 5) is 0.